The number of imidazole rings is 3. The molecule has 0 bridgehead atoms. The van der Waals surface area contributed by atoms with Crippen molar-refractivity contribution >= 4 is 71.6 Å². The smallest absolute Gasteiger partial charge is 0.200 e. The first-order valence-corrected chi connectivity index (χ1v) is 19.6. The summed E-state index contributed by atoms with van der Waals surface area (Å²) in [6, 6.07) is 39.7. The first kappa shape index (κ1) is 38.6. The van der Waals surface area contributed by atoms with Gasteiger partial charge in [0.25, 0.3) is 0 Å². The maximum Gasteiger partial charge on any atom is 0.200 e. The number of fused-ring (bicyclic) bond motifs is 6. The molecule has 6 aromatic carbocycles. The number of H-pyrrole nitrogens is 6. The molecule has 0 unspecified atom stereocenters. The molecular formula is C47H33FN12O4. The minimum Gasteiger partial charge on any atom is -0.494 e. The fourth-order valence-corrected chi connectivity index (χ4v) is 7.72. The number of aromatic hydroxyl groups is 3. The van der Waals surface area contributed by atoms with Crippen LogP contribution in [0.1, 0.15) is 11.1 Å². The van der Waals surface area contributed by atoms with E-state index >= 15 is 0 Å². The van der Waals surface area contributed by atoms with E-state index in [1.54, 1.807) is 42.5 Å². The molecule has 12 rings (SSSR count). The van der Waals surface area contributed by atoms with Gasteiger partial charge in [-0.3, -0.25) is 0 Å². The van der Waals surface area contributed by atoms with Gasteiger partial charge in [-0.05, 0) is 91.0 Å². The van der Waals surface area contributed by atoms with Crippen LogP contribution in [0.2, 0.25) is 0 Å². The molecule has 0 amide bonds. The molecule has 6 heterocycles. The Morgan fingerprint density at radius 3 is 1.36 bits per heavy atom. The van der Waals surface area contributed by atoms with Crippen molar-refractivity contribution < 1.29 is 24.9 Å². The second kappa shape index (κ2) is 15.5. The highest BCUT2D eigenvalue weighted by molar-refractivity contribution is 6.05. The van der Waals surface area contributed by atoms with E-state index in [4.69, 9.17) is 16.2 Å². The molecule has 0 spiro atoms. The number of hydrogen-bond donors (Lipinski definition) is 11. The van der Waals surface area contributed by atoms with Gasteiger partial charge in [0.15, 0.2) is 5.84 Å². The summed E-state index contributed by atoms with van der Waals surface area (Å²) in [4.78, 5) is 31.6. The topological polar surface area (TPSA) is 276 Å². The van der Waals surface area contributed by atoms with Gasteiger partial charge in [-0.25, -0.2) is 19.3 Å². The largest absolute Gasteiger partial charge is 0.494 e. The van der Waals surface area contributed by atoms with Gasteiger partial charge in [-0.2, -0.15) is 5.26 Å². The highest BCUT2D eigenvalue weighted by atomic mass is 19.1. The Hall–Kier alpha value is -9.56. The molecule has 0 fully saturated rings. The lowest BCUT2D eigenvalue weighted by Gasteiger charge is -2.00. The van der Waals surface area contributed by atoms with Crippen LogP contribution in [0.4, 0.5) is 4.39 Å². The summed E-state index contributed by atoms with van der Waals surface area (Å²) < 4.78 is 13.4. The minimum absolute atomic E-state index is 0.00291. The number of benzene rings is 6. The Morgan fingerprint density at radius 1 is 0.516 bits per heavy atom. The lowest BCUT2D eigenvalue weighted by atomic mass is 10.1. The van der Waals surface area contributed by atoms with Crippen molar-refractivity contribution in [1.82, 2.24) is 44.9 Å². The summed E-state index contributed by atoms with van der Waals surface area (Å²) in [5.74, 6) is 1.32. The summed E-state index contributed by atoms with van der Waals surface area (Å²) in [5, 5.41) is 53.5. The van der Waals surface area contributed by atoms with Gasteiger partial charge in [0.2, 0.25) is 17.6 Å². The molecule has 0 saturated heterocycles. The number of nitrogens with two attached hydrogens (primary N) is 1. The van der Waals surface area contributed by atoms with Crippen LogP contribution < -0.4 is 5.73 Å². The van der Waals surface area contributed by atoms with E-state index in [9.17, 15) is 19.7 Å². The molecule has 17 heteroatoms. The second-order valence-electron chi connectivity index (χ2n) is 14.7. The van der Waals surface area contributed by atoms with E-state index in [-0.39, 0.29) is 29.3 Å². The predicted octanol–water partition coefficient (Wildman–Crippen LogP) is 9.36. The zero-order valence-electron chi connectivity index (χ0n) is 33.1. The Labute approximate surface area is 358 Å². The summed E-state index contributed by atoms with van der Waals surface area (Å²) in [6.45, 7) is 0. The third-order valence-electron chi connectivity index (χ3n) is 10.7. The van der Waals surface area contributed by atoms with Gasteiger partial charge >= 0.3 is 0 Å². The zero-order valence-corrected chi connectivity index (χ0v) is 33.1. The van der Waals surface area contributed by atoms with Crippen molar-refractivity contribution in [3.63, 3.8) is 0 Å². The van der Waals surface area contributed by atoms with Crippen molar-refractivity contribution in [2.75, 3.05) is 0 Å². The van der Waals surface area contributed by atoms with E-state index in [0.717, 1.165) is 54.9 Å². The number of rotatable bonds is 4. The van der Waals surface area contributed by atoms with Crippen molar-refractivity contribution in [3.8, 4) is 57.9 Å². The second-order valence-corrected chi connectivity index (χ2v) is 14.7. The molecule has 0 aliphatic carbocycles. The molecule has 0 aliphatic heterocycles. The van der Waals surface area contributed by atoms with E-state index < -0.39 is 0 Å². The van der Waals surface area contributed by atoms with Crippen LogP contribution in [0, 0.1) is 17.1 Å². The Balaban J connectivity index is 0.000000114. The maximum absolute atomic E-state index is 13.4. The maximum atomic E-state index is 13.4. The monoisotopic (exact) mass is 848 g/mol. The molecule has 12 aromatic rings. The Morgan fingerprint density at radius 2 is 0.922 bits per heavy atom. The molecule has 0 radical (unpaired) electrons. The summed E-state index contributed by atoms with van der Waals surface area (Å²) in [6.07, 6.45) is 0. The van der Waals surface area contributed by atoms with Crippen molar-refractivity contribution in [1.29, 1.82) is 5.26 Å². The van der Waals surface area contributed by atoms with Crippen LogP contribution in [-0.2, 0) is 0 Å². The number of oxime groups is 1. The lowest BCUT2D eigenvalue weighted by Crippen LogP contribution is -2.12. The van der Waals surface area contributed by atoms with Crippen molar-refractivity contribution in [2.45, 2.75) is 0 Å². The number of hydrogen-bond acceptors (Lipinski definition) is 9. The number of halogens is 1. The molecule has 0 saturated carbocycles. The highest BCUT2D eigenvalue weighted by Gasteiger charge is 2.20. The van der Waals surface area contributed by atoms with Crippen molar-refractivity contribution in [3.05, 3.63) is 144 Å². The fourth-order valence-electron chi connectivity index (χ4n) is 7.72. The van der Waals surface area contributed by atoms with Crippen LogP contribution in [0.25, 0.3) is 100.0 Å². The number of nitrogens with one attached hydrogen (secondary N) is 6. The van der Waals surface area contributed by atoms with E-state index in [1.807, 2.05) is 72.8 Å². The number of amidine groups is 1. The standard InChI is InChI=1S/C16H13N5O2.C16H10N4O.C15H10FN3O/c17-14(21-23)8-5-6-10-9(7-8)13(16(22)20-10)15-18-11-3-1-2-4-12(11)19-15;17-8-9-5-6-11-10(7-9)14(16(21)20-11)15-18-12-3-1-2-4-13(12)19-15;16-8-5-6-10-9(7-8)13(15(20)19-10)14-17-11-3-1-2-4-12(11)18-14/h1-7,20,22-23H,(H2,17,21)(H,18,19);1-7,20-21H,(H,18,19);1-7,19-20H,(H,17,18). The summed E-state index contributed by atoms with van der Waals surface area (Å²) in [5.41, 5.74) is 15.6. The first-order chi connectivity index (χ1) is 31.1. The van der Waals surface area contributed by atoms with Crippen LogP contribution in [0.5, 0.6) is 17.6 Å². The fraction of sp³-hybridized carbons (Fsp3) is 0. The average Bonchev–Trinajstić information content (AvgIpc) is 4.16. The van der Waals surface area contributed by atoms with Crippen LogP contribution in [0.3, 0.4) is 0 Å². The molecular weight excluding hydrogens is 816 g/mol. The van der Waals surface area contributed by atoms with Crippen LogP contribution in [-0.4, -0.2) is 71.2 Å². The van der Waals surface area contributed by atoms with Gasteiger partial charge in [0.05, 0.1) is 61.4 Å². The van der Waals surface area contributed by atoms with Crippen molar-refractivity contribution in [2.24, 2.45) is 10.9 Å². The Bertz CT molecular complexity index is 3710. The van der Waals surface area contributed by atoms with E-state index in [1.165, 1.54) is 12.1 Å². The van der Waals surface area contributed by atoms with Gasteiger partial charge in [-0.1, -0.05) is 41.6 Å². The average molecular weight is 849 g/mol. The molecule has 6 aromatic heterocycles. The third kappa shape index (κ3) is 6.84. The number of para-hydroxylation sites is 6. The minimum atomic E-state index is -0.353. The quantitative estimate of drug-likeness (QED) is 0.0348. The first-order valence-electron chi connectivity index (χ1n) is 19.6. The zero-order chi connectivity index (χ0) is 44.1. The van der Waals surface area contributed by atoms with E-state index in [2.05, 4.69) is 56.1 Å². The molecule has 12 N–H and O–H groups in total. The SMILES string of the molecule is N#Cc1ccc2[nH]c(O)c(-c3nc4ccccc4[nH]3)c2c1.NC(=NO)c1ccc2[nH]c(O)c(-c3nc4ccccc4[nH]3)c2c1.Oc1[nH]c2ccc(F)cc2c1-c1nc2ccccc2[nH]1. The highest BCUT2D eigenvalue weighted by Crippen LogP contribution is 2.39. The molecule has 0 aliphatic rings. The van der Waals surface area contributed by atoms with Gasteiger partial charge in [0.1, 0.15) is 23.3 Å². The number of aromatic nitrogens is 9. The van der Waals surface area contributed by atoms with Gasteiger partial charge in [-0.15, -0.1) is 0 Å². The van der Waals surface area contributed by atoms with Gasteiger partial charge in [0, 0.05) is 38.3 Å². The number of nitrogens with zero attached hydrogens (tertiary/aromatic N) is 5. The normalized spacial score (nSPS) is 11.6. The molecule has 312 valence electrons. The molecule has 64 heavy (non-hydrogen) atoms. The van der Waals surface area contributed by atoms with Crippen LogP contribution in [0.15, 0.2) is 133 Å². The number of nitriles is 1. The van der Waals surface area contributed by atoms with Crippen LogP contribution >= 0.6 is 0 Å². The third-order valence-corrected chi connectivity index (χ3v) is 10.7. The predicted molar refractivity (Wildman–Crippen MR) is 242 cm³/mol. The van der Waals surface area contributed by atoms with Gasteiger partial charge < -0.3 is 56.2 Å². The molecule has 16 nitrogen and oxygen atoms in total. The number of aromatic amines is 6. The molecule has 0 atom stereocenters. The Kier molecular flexibility index (Phi) is 9.34. The summed E-state index contributed by atoms with van der Waals surface area (Å²) in [7, 11) is 0. The van der Waals surface area contributed by atoms with E-state index in [0.29, 0.717) is 56.2 Å². The lowest BCUT2D eigenvalue weighted by molar-refractivity contribution is 0.318. The summed E-state index contributed by atoms with van der Waals surface area (Å²) >= 11 is 0.